The summed E-state index contributed by atoms with van der Waals surface area (Å²) in [7, 11) is 1.56. The average Bonchev–Trinajstić information content (AvgIpc) is 2.71. The molecule has 0 saturated heterocycles. The summed E-state index contributed by atoms with van der Waals surface area (Å²) in [5.41, 5.74) is 2.17. The van der Waals surface area contributed by atoms with Crippen LogP contribution in [0.2, 0.25) is 0 Å². The minimum absolute atomic E-state index is 0.153. The summed E-state index contributed by atoms with van der Waals surface area (Å²) >= 11 is 0. The first kappa shape index (κ1) is 21.1. The highest BCUT2D eigenvalue weighted by atomic mass is 16.5. The molecule has 0 fully saturated rings. The highest BCUT2D eigenvalue weighted by molar-refractivity contribution is 5.77. The number of ether oxygens (including phenoxy) is 3. The van der Waals surface area contributed by atoms with Gasteiger partial charge in [0, 0.05) is 6.54 Å². The van der Waals surface area contributed by atoms with Gasteiger partial charge in [-0.3, -0.25) is 4.79 Å². The maximum Gasteiger partial charge on any atom is 0.234 e. The number of carbonyl (C=O) groups is 1. The molecule has 0 heterocycles. The molecule has 1 N–H and O–H groups in total. The zero-order chi connectivity index (χ0) is 20.2. The van der Waals surface area contributed by atoms with E-state index in [2.05, 4.69) is 24.4 Å². The number of nitriles is 1. The maximum atomic E-state index is 11.4. The molecule has 1 amide bonds. The lowest BCUT2D eigenvalue weighted by Crippen LogP contribution is -2.21. The number of methoxy groups -OCH3 is 1. The van der Waals surface area contributed by atoms with Crippen LogP contribution in [0, 0.1) is 11.3 Å². The average molecular weight is 382 g/mol. The van der Waals surface area contributed by atoms with E-state index in [1.807, 2.05) is 24.3 Å². The summed E-state index contributed by atoms with van der Waals surface area (Å²) in [5.74, 6) is 1.70. The second-order valence-electron chi connectivity index (χ2n) is 6.19. The van der Waals surface area contributed by atoms with E-state index in [1.165, 1.54) is 5.56 Å². The molecule has 0 bridgehead atoms. The minimum Gasteiger partial charge on any atom is -0.493 e. The van der Waals surface area contributed by atoms with Gasteiger partial charge in [-0.1, -0.05) is 31.5 Å². The van der Waals surface area contributed by atoms with Gasteiger partial charge in [-0.15, -0.1) is 0 Å². The first-order valence-electron chi connectivity index (χ1n) is 9.31. The van der Waals surface area contributed by atoms with Crippen LogP contribution < -0.4 is 19.5 Å². The van der Waals surface area contributed by atoms with Crippen molar-refractivity contribution in [1.82, 2.24) is 5.32 Å². The number of rotatable bonds is 11. The zero-order valence-corrected chi connectivity index (χ0v) is 16.4. The third kappa shape index (κ3) is 6.84. The van der Waals surface area contributed by atoms with Crippen LogP contribution in [-0.2, 0) is 17.8 Å². The number of carbonyl (C=O) groups excluding carboxylic acids is 1. The van der Waals surface area contributed by atoms with Crippen molar-refractivity contribution in [2.45, 2.75) is 32.7 Å². The number of nitrogens with zero attached hydrogens (tertiary/aromatic N) is 1. The van der Waals surface area contributed by atoms with Crippen molar-refractivity contribution in [1.29, 1.82) is 5.26 Å². The van der Waals surface area contributed by atoms with Crippen LogP contribution in [0.4, 0.5) is 0 Å². The van der Waals surface area contributed by atoms with Crippen LogP contribution in [0.5, 0.6) is 17.2 Å². The Morgan fingerprint density at radius 3 is 2.43 bits per heavy atom. The Kier molecular flexibility index (Phi) is 8.67. The van der Waals surface area contributed by atoms with Crippen LogP contribution in [-0.4, -0.2) is 26.2 Å². The number of nitrogens with one attached hydrogen (secondary N) is 1. The smallest absolute Gasteiger partial charge is 0.234 e. The molecule has 6 nitrogen and oxygen atoms in total. The first-order chi connectivity index (χ1) is 13.7. The van der Waals surface area contributed by atoms with Crippen molar-refractivity contribution >= 4 is 5.91 Å². The van der Waals surface area contributed by atoms with E-state index < -0.39 is 0 Å². The van der Waals surface area contributed by atoms with Crippen molar-refractivity contribution in [2.24, 2.45) is 0 Å². The molecular formula is C22H26N2O4. The molecule has 0 aromatic heterocycles. The molecule has 0 saturated carbocycles. The van der Waals surface area contributed by atoms with Crippen LogP contribution >= 0.6 is 0 Å². The van der Waals surface area contributed by atoms with Gasteiger partial charge in [0.25, 0.3) is 0 Å². The molecule has 2 rings (SSSR count). The molecule has 28 heavy (non-hydrogen) atoms. The standard InChI is InChI=1S/C22H26N2O4/c1-3-4-17-5-8-19(9-6-17)27-13-14-28-20-10-7-18(15-21(20)26-2)16-24-22(25)11-12-23/h5-10,15H,3-4,11,13-14,16H2,1-2H3,(H,24,25). The molecule has 0 radical (unpaired) electrons. The van der Waals surface area contributed by atoms with Crippen LogP contribution in [0.15, 0.2) is 42.5 Å². The van der Waals surface area contributed by atoms with E-state index in [0.29, 0.717) is 31.3 Å². The fourth-order valence-electron chi connectivity index (χ4n) is 2.63. The third-order valence-electron chi connectivity index (χ3n) is 4.03. The number of hydrogen-bond acceptors (Lipinski definition) is 5. The molecule has 2 aromatic rings. The fraction of sp³-hybridized carbons (Fsp3) is 0.364. The molecule has 0 spiro atoms. The molecule has 2 aromatic carbocycles. The molecule has 6 heteroatoms. The lowest BCUT2D eigenvalue weighted by molar-refractivity contribution is -0.120. The Morgan fingerprint density at radius 1 is 1.04 bits per heavy atom. The van der Waals surface area contributed by atoms with Crippen molar-refractivity contribution in [2.75, 3.05) is 20.3 Å². The predicted octanol–water partition coefficient (Wildman–Crippen LogP) is 3.64. The van der Waals surface area contributed by atoms with Gasteiger partial charge in [0.15, 0.2) is 11.5 Å². The van der Waals surface area contributed by atoms with Gasteiger partial charge in [0.2, 0.25) is 5.91 Å². The quantitative estimate of drug-likeness (QED) is 0.600. The number of aryl methyl sites for hydroxylation is 1. The predicted molar refractivity (Wildman–Crippen MR) is 106 cm³/mol. The maximum absolute atomic E-state index is 11.4. The summed E-state index contributed by atoms with van der Waals surface area (Å²) in [4.78, 5) is 11.4. The van der Waals surface area contributed by atoms with Gasteiger partial charge >= 0.3 is 0 Å². The van der Waals surface area contributed by atoms with E-state index in [4.69, 9.17) is 19.5 Å². The summed E-state index contributed by atoms with van der Waals surface area (Å²) in [6, 6.07) is 15.4. The van der Waals surface area contributed by atoms with Gasteiger partial charge in [-0.05, 0) is 41.8 Å². The Labute approximate surface area is 166 Å². The van der Waals surface area contributed by atoms with Gasteiger partial charge in [0.1, 0.15) is 25.4 Å². The lowest BCUT2D eigenvalue weighted by Gasteiger charge is -2.13. The van der Waals surface area contributed by atoms with Crippen molar-refractivity contribution in [3.05, 3.63) is 53.6 Å². The van der Waals surface area contributed by atoms with Crippen LogP contribution in [0.1, 0.15) is 30.9 Å². The number of amides is 1. The SMILES string of the molecule is CCCc1ccc(OCCOc2ccc(CNC(=O)CC#N)cc2OC)cc1. The molecule has 0 aliphatic rings. The topological polar surface area (TPSA) is 80.6 Å². The molecule has 148 valence electrons. The minimum atomic E-state index is -0.304. The van der Waals surface area contributed by atoms with E-state index in [1.54, 1.807) is 19.2 Å². The van der Waals surface area contributed by atoms with Gasteiger partial charge in [-0.2, -0.15) is 5.26 Å². The molecule has 0 aliphatic carbocycles. The Morgan fingerprint density at radius 2 is 1.75 bits per heavy atom. The lowest BCUT2D eigenvalue weighted by atomic mass is 10.1. The van der Waals surface area contributed by atoms with E-state index in [9.17, 15) is 4.79 Å². The van der Waals surface area contributed by atoms with Crippen LogP contribution in [0.3, 0.4) is 0 Å². The van der Waals surface area contributed by atoms with Gasteiger partial charge < -0.3 is 19.5 Å². The summed E-state index contributed by atoms with van der Waals surface area (Å²) < 4.78 is 16.8. The second-order valence-corrected chi connectivity index (χ2v) is 6.19. The van der Waals surface area contributed by atoms with Crippen LogP contribution in [0.25, 0.3) is 0 Å². The van der Waals surface area contributed by atoms with E-state index in [-0.39, 0.29) is 12.3 Å². The first-order valence-corrected chi connectivity index (χ1v) is 9.31. The zero-order valence-electron chi connectivity index (χ0n) is 16.4. The Hall–Kier alpha value is -3.20. The van der Waals surface area contributed by atoms with Crippen molar-refractivity contribution in [3.63, 3.8) is 0 Å². The molecule has 0 aliphatic heterocycles. The number of benzene rings is 2. The normalized spacial score (nSPS) is 10.0. The second kappa shape index (κ2) is 11.5. The molecule has 0 unspecified atom stereocenters. The number of hydrogen-bond donors (Lipinski definition) is 1. The van der Waals surface area contributed by atoms with E-state index in [0.717, 1.165) is 24.2 Å². The van der Waals surface area contributed by atoms with E-state index >= 15 is 0 Å². The van der Waals surface area contributed by atoms with Gasteiger partial charge in [-0.25, -0.2) is 0 Å². The summed E-state index contributed by atoms with van der Waals surface area (Å²) in [6.07, 6.45) is 2.04. The van der Waals surface area contributed by atoms with Gasteiger partial charge in [0.05, 0.1) is 13.2 Å². The molecular weight excluding hydrogens is 356 g/mol. The third-order valence-corrected chi connectivity index (χ3v) is 4.03. The summed E-state index contributed by atoms with van der Waals surface area (Å²) in [6.45, 7) is 3.29. The Balaban J connectivity index is 1.81. The fourth-order valence-corrected chi connectivity index (χ4v) is 2.63. The van der Waals surface area contributed by atoms with Crippen molar-refractivity contribution in [3.8, 4) is 23.3 Å². The highest BCUT2D eigenvalue weighted by Crippen LogP contribution is 2.28. The largest absolute Gasteiger partial charge is 0.493 e. The summed E-state index contributed by atoms with van der Waals surface area (Å²) in [5, 5.41) is 11.2. The Bertz CT molecular complexity index is 797. The van der Waals surface area contributed by atoms with Crippen molar-refractivity contribution < 1.29 is 19.0 Å². The highest BCUT2D eigenvalue weighted by Gasteiger charge is 2.07. The monoisotopic (exact) mass is 382 g/mol. The molecule has 0 atom stereocenters.